The van der Waals surface area contributed by atoms with E-state index in [1.807, 2.05) is 39.8 Å². The summed E-state index contributed by atoms with van der Waals surface area (Å²) in [6, 6.07) is 6.73. The molecule has 0 spiro atoms. The van der Waals surface area contributed by atoms with E-state index in [9.17, 15) is 9.59 Å². The van der Waals surface area contributed by atoms with E-state index in [0.29, 0.717) is 30.2 Å². The first-order valence-electron chi connectivity index (χ1n) is 10.7. The van der Waals surface area contributed by atoms with Crippen LogP contribution < -0.4 is 4.74 Å². The van der Waals surface area contributed by atoms with Crippen molar-refractivity contribution in [2.24, 2.45) is 0 Å². The SMILES string of the molecule is C=C/C(=C\C(C=C1CCN(C(=O)OC(C)(C)C)CC1)=C/C)Oc1ccc(C(=O)OC)cc1. The molecule has 1 aliphatic heterocycles. The van der Waals surface area contributed by atoms with Gasteiger partial charge in [0, 0.05) is 13.1 Å². The van der Waals surface area contributed by atoms with Gasteiger partial charge < -0.3 is 19.1 Å². The summed E-state index contributed by atoms with van der Waals surface area (Å²) in [5, 5.41) is 0. The van der Waals surface area contributed by atoms with E-state index in [1.165, 1.54) is 12.7 Å². The Balaban J connectivity index is 2.02. The predicted molar refractivity (Wildman–Crippen MR) is 126 cm³/mol. The first kappa shape index (κ1) is 25.0. The van der Waals surface area contributed by atoms with Crippen LogP contribution in [0.1, 0.15) is 50.9 Å². The molecular weight excluding hydrogens is 406 g/mol. The maximum atomic E-state index is 12.2. The minimum Gasteiger partial charge on any atom is -0.465 e. The number of hydrogen-bond donors (Lipinski definition) is 0. The topological polar surface area (TPSA) is 65.1 Å². The maximum absolute atomic E-state index is 12.2. The van der Waals surface area contributed by atoms with Gasteiger partial charge in [-0.05, 0) is 82.5 Å². The number of carbonyl (C=O) groups excluding carboxylic acids is 2. The van der Waals surface area contributed by atoms with Gasteiger partial charge in [0.1, 0.15) is 17.1 Å². The Morgan fingerprint density at radius 3 is 2.22 bits per heavy atom. The lowest BCUT2D eigenvalue weighted by Gasteiger charge is -2.31. The third-order valence-electron chi connectivity index (χ3n) is 4.78. The largest absolute Gasteiger partial charge is 0.465 e. The number of esters is 1. The van der Waals surface area contributed by atoms with Crippen molar-refractivity contribution in [3.05, 3.63) is 77.6 Å². The number of amides is 1. The van der Waals surface area contributed by atoms with E-state index in [-0.39, 0.29) is 6.09 Å². The van der Waals surface area contributed by atoms with E-state index in [1.54, 1.807) is 35.2 Å². The number of likely N-dealkylation sites (tertiary alicyclic amines) is 1. The van der Waals surface area contributed by atoms with Gasteiger partial charge in [-0.25, -0.2) is 9.59 Å². The Labute approximate surface area is 190 Å². The van der Waals surface area contributed by atoms with Crippen LogP contribution in [0.25, 0.3) is 0 Å². The van der Waals surface area contributed by atoms with Crippen molar-refractivity contribution in [2.75, 3.05) is 20.2 Å². The van der Waals surface area contributed by atoms with Gasteiger partial charge in [-0.15, -0.1) is 0 Å². The molecule has 32 heavy (non-hydrogen) atoms. The van der Waals surface area contributed by atoms with Gasteiger partial charge in [-0.2, -0.15) is 0 Å². The third kappa shape index (κ3) is 7.76. The van der Waals surface area contributed by atoms with Gasteiger partial charge in [-0.1, -0.05) is 24.3 Å². The molecule has 1 heterocycles. The summed E-state index contributed by atoms with van der Waals surface area (Å²) >= 11 is 0. The van der Waals surface area contributed by atoms with Crippen LogP contribution in [0.3, 0.4) is 0 Å². The van der Waals surface area contributed by atoms with Crippen molar-refractivity contribution >= 4 is 12.1 Å². The Bertz CT molecular complexity index is 907. The average molecular weight is 440 g/mol. The highest BCUT2D eigenvalue weighted by Crippen LogP contribution is 2.22. The second kappa shape index (κ2) is 11.4. The summed E-state index contributed by atoms with van der Waals surface area (Å²) in [6.45, 7) is 12.7. The number of benzene rings is 1. The molecule has 1 saturated heterocycles. The van der Waals surface area contributed by atoms with Crippen molar-refractivity contribution in [3.63, 3.8) is 0 Å². The molecule has 0 aromatic heterocycles. The number of ether oxygens (including phenoxy) is 3. The Morgan fingerprint density at radius 1 is 1.09 bits per heavy atom. The quantitative estimate of drug-likeness (QED) is 0.317. The average Bonchev–Trinajstić information content (AvgIpc) is 2.77. The van der Waals surface area contributed by atoms with E-state index in [0.717, 1.165) is 18.4 Å². The summed E-state index contributed by atoms with van der Waals surface area (Å²) in [4.78, 5) is 25.6. The van der Waals surface area contributed by atoms with E-state index in [2.05, 4.69) is 12.7 Å². The van der Waals surface area contributed by atoms with Crippen LogP contribution in [0.5, 0.6) is 5.75 Å². The molecular formula is C26H33NO5. The summed E-state index contributed by atoms with van der Waals surface area (Å²) in [7, 11) is 1.35. The van der Waals surface area contributed by atoms with Gasteiger partial charge >= 0.3 is 12.1 Å². The smallest absolute Gasteiger partial charge is 0.410 e. The predicted octanol–water partition coefficient (Wildman–Crippen LogP) is 5.83. The molecule has 1 aromatic rings. The number of hydrogen-bond acceptors (Lipinski definition) is 5. The summed E-state index contributed by atoms with van der Waals surface area (Å²) in [5.74, 6) is 0.793. The van der Waals surface area contributed by atoms with Gasteiger partial charge in [0.25, 0.3) is 0 Å². The highest BCUT2D eigenvalue weighted by atomic mass is 16.6. The van der Waals surface area contributed by atoms with Crippen LogP contribution in [0.2, 0.25) is 0 Å². The monoisotopic (exact) mass is 439 g/mol. The highest BCUT2D eigenvalue weighted by molar-refractivity contribution is 5.89. The van der Waals surface area contributed by atoms with Gasteiger partial charge in [0.2, 0.25) is 0 Å². The van der Waals surface area contributed by atoms with Crippen LogP contribution in [-0.4, -0.2) is 42.8 Å². The molecule has 1 aliphatic rings. The molecule has 0 N–H and O–H groups in total. The maximum Gasteiger partial charge on any atom is 0.410 e. The zero-order valence-electron chi connectivity index (χ0n) is 19.6. The standard InChI is InChI=1S/C26H33NO5/c1-7-19(17-20-13-15-27(16-14-20)25(29)32-26(3,4)5)18-22(8-2)31-23-11-9-21(10-12-23)24(28)30-6/h7-12,17-18H,2,13-16H2,1,3-6H3/b19-7-,22-18+. The van der Waals surface area contributed by atoms with Gasteiger partial charge in [0.15, 0.2) is 0 Å². The Hall–Kier alpha value is -3.28. The van der Waals surface area contributed by atoms with Crippen LogP contribution >= 0.6 is 0 Å². The molecule has 0 aliphatic carbocycles. The third-order valence-corrected chi connectivity index (χ3v) is 4.78. The van der Waals surface area contributed by atoms with Crippen LogP contribution in [0, 0.1) is 0 Å². The number of nitrogens with zero attached hydrogens (tertiary/aromatic N) is 1. The van der Waals surface area contributed by atoms with Crippen LogP contribution in [0.4, 0.5) is 4.79 Å². The number of carbonyl (C=O) groups is 2. The van der Waals surface area contributed by atoms with E-state index >= 15 is 0 Å². The summed E-state index contributed by atoms with van der Waals surface area (Å²) < 4.78 is 16.1. The zero-order chi connectivity index (χ0) is 23.7. The zero-order valence-corrected chi connectivity index (χ0v) is 19.6. The van der Waals surface area contributed by atoms with E-state index < -0.39 is 11.6 Å². The molecule has 0 radical (unpaired) electrons. The van der Waals surface area contributed by atoms with Crippen molar-refractivity contribution in [1.82, 2.24) is 4.90 Å². The van der Waals surface area contributed by atoms with Crippen molar-refractivity contribution in [2.45, 2.75) is 46.1 Å². The number of rotatable bonds is 6. The van der Waals surface area contributed by atoms with Gasteiger partial charge in [0.05, 0.1) is 12.7 Å². The fraction of sp³-hybridized carbons (Fsp3) is 0.385. The lowest BCUT2D eigenvalue weighted by Crippen LogP contribution is -2.40. The summed E-state index contributed by atoms with van der Waals surface area (Å²) in [6.07, 6.45) is 9.01. The second-order valence-electron chi connectivity index (χ2n) is 8.43. The molecule has 2 rings (SSSR count). The molecule has 0 bridgehead atoms. The van der Waals surface area contributed by atoms with Gasteiger partial charge in [-0.3, -0.25) is 0 Å². The Kier molecular flexibility index (Phi) is 8.88. The lowest BCUT2D eigenvalue weighted by atomic mass is 10.0. The fourth-order valence-corrected chi connectivity index (χ4v) is 3.10. The molecule has 0 unspecified atom stereocenters. The minimum atomic E-state index is -0.489. The summed E-state index contributed by atoms with van der Waals surface area (Å²) in [5.41, 5.74) is 2.23. The molecule has 6 nitrogen and oxygen atoms in total. The second-order valence-corrected chi connectivity index (χ2v) is 8.43. The Morgan fingerprint density at radius 2 is 1.72 bits per heavy atom. The molecule has 1 amide bonds. The molecule has 0 atom stereocenters. The number of piperidine rings is 1. The fourth-order valence-electron chi connectivity index (χ4n) is 3.10. The van der Waals surface area contributed by atoms with Crippen molar-refractivity contribution in [1.29, 1.82) is 0 Å². The minimum absolute atomic E-state index is 0.261. The van der Waals surface area contributed by atoms with Crippen molar-refractivity contribution < 1.29 is 23.8 Å². The normalized spacial score (nSPS) is 15.2. The molecule has 172 valence electrons. The highest BCUT2D eigenvalue weighted by Gasteiger charge is 2.24. The van der Waals surface area contributed by atoms with Crippen LogP contribution in [-0.2, 0) is 9.47 Å². The first-order chi connectivity index (χ1) is 15.1. The number of allylic oxidation sites excluding steroid dienone is 5. The molecule has 1 fully saturated rings. The number of methoxy groups -OCH3 is 1. The first-order valence-corrected chi connectivity index (χ1v) is 10.7. The van der Waals surface area contributed by atoms with E-state index in [4.69, 9.17) is 14.2 Å². The van der Waals surface area contributed by atoms with Crippen molar-refractivity contribution in [3.8, 4) is 5.75 Å². The molecule has 0 saturated carbocycles. The van der Waals surface area contributed by atoms with Crippen LogP contribution in [0.15, 0.2) is 72.1 Å². The molecule has 1 aromatic carbocycles. The molecule has 6 heteroatoms. The lowest BCUT2D eigenvalue weighted by molar-refractivity contribution is 0.0236.